The molecule has 1 fully saturated rings. The third-order valence-corrected chi connectivity index (χ3v) is 2.86. The highest BCUT2D eigenvalue weighted by Crippen LogP contribution is 2.23. The smallest absolute Gasteiger partial charge is 0.0555 e. The van der Waals surface area contributed by atoms with Gasteiger partial charge in [0.2, 0.25) is 0 Å². The zero-order valence-electron chi connectivity index (χ0n) is 8.29. The van der Waals surface area contributed by atoms with Gasteiger partial charge >= 0.3 is 0 Å². The molecule has 0 aliphatic heterocycles. The fraction of sp³-hybridized carbons (Fsp3) is 1.00. The van der Waals surface area contributed by atoms with E-state index in [0.717, 1.165) is 12.8 Å². The van der Waals surface area contributed by atoms with Crippen LogP contribution in [0.25, 0.3) is 0 Å². The van der Waals surface area contributed by atoms with Crippen molar-refractivity contribution in [2.24, 2.45) is 0 Å². The second kappa shape index (κ2) is 4.83. The number of hydrogen-bond donors (Lipinski definition) is 1. The van der Waals surface area contributed by atoms with Crippen LogP contribution in [-0.4, -0.2) is 35.7 Å². The van der Waals surface area contributed by atoms with Crippen LogP contribution in [0.3, 0.4) is 0 Å². The number of rotatable bonds is 4. The van der Waals surface area contributed by atoms with Crippen LogP contribution in [0.4, 0.5) is 0 Å². The first-order valence-corrected chi connectivity index (χ1v) is 5.12. The van der Waals surface area contributed by atoms with Crippen LogP contribution in [0.2, 0.25) is 0 Å². The normalized spacial score (nSPS) is 30.0. The molecule has 2 atom stereocenters. The summed E-state index contributed by atoms with van der Waals surface area (Å²) < 4.78 is 0. The van der Waals surface area contributed by atoms with Gasteiger partial charge in [-0.3, -0.25) is 0 Å². The van der Waals surface area contributed by atoms with Gasteiger partial charge in [-0.05, 0) is 39.3 Å². The maximum absolute atomic E-state index is 9.35. The molecule has 0 aromatic rings. The molecule has 2 nitrogen and oxygen atoms in total. The summed E-state index contributed by atoms with van der Waals surface area (Å²) >= 11 is 0. The molecule has 0 amide bonds. The molecule has 1 aliphatic rings. The van der Waals surface area contributed by atoms with E-state index in [-0.39, 0.29) is 6.10 Å². The first-order valence-electron chi connectivity index (χ1n) is 5.12. The second-order valence-electron chi connectivity index (χ2n) is 3.95. The average molecular weight is 171 g/mol. The lowest BCUT2D eigenvalue weighted by atomic mass is 10.2. The van der Waals surface area contributed by atoms with Gasteiger partial charge in [0, 0.05) is 6.04 Å². The second-order valence-corrected chi connectivity index (χ2v) is 3.95. The fourth-order valence-electron chi connectivity index (χ4n) is 1.92. The maximum Gasteiger partial charge on any atom is 0.0555 e. The fourth-order valence-corrected chi connectivity index (χ4v) is 1.92. The van der Waals surface area contributed by atoms with E-state index >= 15 is 0 Å². The van der Waals surface area contributed by atoms with Crippen molar-refractivity contribution >= 4 is 0 Å². The Morgan fingerprint density at radius 2 is 2.17 bits per heavy atom. The summed E-state index contributed by atoms with van der Waals surface area (Å²) in [6.45, 7) is 3.41. The highest BCUT2D eigenvalue weighted by Gasteiger charge is 2.25. The Bertz CT molecular complexity index is 127. The average Bonchev–Trinajstić information content (AvgIpc) is 2.47. The molecule has 1 saturated carbocycles. The summed E-state index contributed by atoms with van der Waals surface area (Å²) in [5, 5.41) is 9.35. The quantitative estimate of drug-likeness (QED) is 0.695. The van der Waals surface area contributed by atoms with E-state index in [1.807, 2.05) is 0 Å². The largest absolute Gasteiger partial charge is 0.393 e. The topological polar surface area (TPSA) is 23.5 Å². The molecule has 1 rings (SSSR count). The lowest BCUT2D eigenvalue weighted by Crippen LogP contribution is -2.30. The van der Waals surface area contributed by atoms with Gasteiger partial charge in [-0.15, -0.1) is 0 Å². The molecular formula is C10H21NO. The minimum Gasteiger partial charge on any atom is -0.393 e. The number of aliphatic hydroxyl groups is 1. The highest BCUT2D eigenvalue weighted by molar-refractivity contribution is 4.80. The van der Waals surface area contributed by atoms with Crippen molar-refractivity contribution in [3.05, 3.63) is 0 Å². The van der Waals surface area contributed by atoms with E-state index in [1.165, 1.54) is 25.8 Å². The SMILES string of the molecule is CCCCN(C)C1CCC(O)C1. The predicted molar refractivity (Wildman–Crippen MR) is 51.2 cm³/mol. The van der Waals surface area contributed by atoms with Gasteiger partial charge in [0.25, 0.3) is 0 Å². The Balaban J connectivity index is 2.18. The molecule has 0 bridgehead atoms. The molecule has 0 spiro atoms. The molecule has 2 unspecified atom stereocenters. The monoisotopic (exact) mass is 171 g/mol. The highest BCUT2D eigenvalue weighted by atomic mass is 16.3. The van der Waals surface area contributed by atoms with Crippen LogP contribution in [0.15, 0.2) is 0 Å². The third kappa shape index (κ3) is 2.76. The van der Waals surface area contributed by atoms with E-state index in [2.05, 4.69) is 18.9 Å². The third-order valence-electron chi connectivity index (χ3n) is 2.86. The zero-order valence-corrected chi connectivity index (χ0v) is 8.29. The minimum atomic E-state index is -0.0286. The molecule has 0 aromatic heterocycles. The Morgan fingerprint density at radius 1 is 1.42 bits per heavy atom. The van der Waals surface area contributed by atoms with E-state index in [9.17, 15) is 5.11 Å². The summed E-state index contributed by atoms with van der Waals surface area (Å²) in [6.07, 6.45) is 5.69. The molecular weight excluding hydrogens is 150 g/mol. The maximum atomic E-state index is 9.35. The Morgan fingerprint density at radius 3 is 2.67 bits per heavy atom. The van der Waals surface area contributed by atoms with Crippen LogP contribution in [0.1, 0.15) is 39.0 Å². The van der Waals surface area contributed by atoms with Gasteiger partial charge in [-0.2, -0.15) is 0 Å². The Kier molecular flexibility index (Phi) is 4.02. The van der Waals surface area contributed by atoms with Crippen molar-refractivity contribution in [1.82, 2.24) is 4.90 Å². The van der Waals surface area contributed by atoms with Crippen molar-refractivity contribution in [2.45, 2.75) is 51.2 Å². The van der Waals surface area contributed by atoms with Gasteiger partial charge in [-0.25, -0.2) is 0 Å². The molecule has 1 aliphatic carbocycles. The number of hydrogen-bond acceptors (Lipinski definition) is 2. The van der Waals surface area contributed by atoms with E-state index in [0.29, 0.717) is 6.04 Å². The molecule has 12 heavy (non-hydrogen) atoms. The molecule has 0 saturated heterocycles. The lowest BCUT2D eigenvalue weighted by molar-refractivity contribution is 0.162. The molecule has 0 heterocycles. The number of unbranched alkanes of at least 4 members (excludes halogenated alkanes) is 1. The van der Waals surface area contributed by atoms with Crippen LogP contribution >= 0.6 is 0 Å². The Hall–Kier alpha value is -0.0800. The summed E-state index contributed by atoms with van der Waals surface area (Å²) in [4.78, 5) is 2.40. The number of aliphatic hydroxyl groups excluding tert-OH is 1. The molecule has 1 N–H and O–H groups in total. The molecule has 2 heteroatoms. The van der Waals surface area contributed by atoms with Gasteiger partial charge in [0.15, 0.2) is 0 Å². The summed E-state index contributed by atoms with van der Waals surface area (Å²) in [6, 6.07) is 0.645. The van der Waals surface area contributed by atoms with Gasteiger partial charge in [-0.1, -0.05) is 13.3 Å². The van der Waals surface area contributed by atoms with Gasteiger partial charge in [0.1, 0.15) is 0 Å². The first kappa shape index (κ1) is 10.0. The van der Waals surface area contributed by atoms with E-state index in [1.54, 1.807) is 0 Å². The predicted octanol–water partition coefficient (Wildman–Crippen LogP) is 1.63. The first-order chi connectivity index (χ1) is 5.74. The van der Waals surface area contributed by atoms with E-state index in [4.69, 9.17) is 0 Å². The van der Waals surface area contributed by atoms with Crippen molar-refractivity contribution in [2.75, 3.05) is 13.6 Å². The van der Waals surface area contributed by atoms with Crippen molar-refractivity contribution < 1.29 is 5.11 Å². The summed E-state index contributed by atoms with van der Waals surface area (Å²) in [5.74, 6) is 0. The van der Waals surface area contributed by atoms with Gasteiger partial charge < -0.3 is 10.0 Å². The summed E-state index contributed by atoms with van der Waals surface area (Å²) in [7, 11) is 2.18. The van der Waals surface area contributed by atoms with E-state index < -0.39 is 0 Å². The van der Waals surface area contributed by atoms with Crippen molar-refractivity contribution in [1.29, 1.82) is 0 Å². The standard InChI is InChI=1S/C10H21NO/c1-3-4-7-11(2)9-5-6-10(12)8-9/h9-10,12H,3-8H2,1-2H3. The zero-order chi connectivity index (χ0) is 8.97. The van der Waals surface area contributed by atoms with Crippen LogP contribution < -0.4 is 0 Å². The minimum absolute atomic E-state index is 0.0286. The van der Waals surface area contributed by atoms with Crippen molar-refractivity contribution in [3.8, 4) is 0 Å². The molecule has 0 aromatic carbocycles. The van der Waals surface area contributed by atoms with Crippen LogP contribution in [0, 0.1) is 0 Å². The lowest BCUT2D eigenvalue weighted by Gasteiger charge is -2.23. The van der Waals surface area contributed by atoms with Crippen molar-refractivity contribution in [3.63, 3.8) is 0 Å². The summed E-state index contributed by atoms with van der Waals surface area (Å²) in [5.41, 5.74) is 0. The number of nitrogens with zero attached hydrogens (tertiary/aromatic N) is 1. The Labute approximate surface area is 75.6 Å². The van der Waals surface area contributed by atoms with Gasteiger partial charge in [0.05, 0.1) is 6.10 Å². The molecule has 0 radical (unpaired) electrons. The molecule has 72 valence electrons. The van der Waals surface area contributed by atoms with Crippen LogP contribution in [0.5, 0.6) is 0 Å². The van der Waals surface area contributed by atoms with Crippen LogP contribution in [-0.2, 0) is 0 Å².